The zero-order valence-electron chi connectivity index (χ0n) is 19.7. The van der Waals surface area contributed by atoms with Crippen LogP contribution in [0.15, 0.2) is 42.5 Å². The number of nitrogens with one attached hydrogen (secondary N) is 1. The Morgan fingerprint density at radius 1 is 0.970 bits per heavy atom. The van der Waals surface area contributed by atoms with E-state index in [9.17, 15) is 4.39 Å². The summed E-state index contributed by atoms with van der Waals surface area (Å²) in [6.07, 6.45) is 1.03. The normalized spacial score (nSPS) is 18.5. The van der Waals surface area contributed by atoms with Gasteiger partial charge in [0.1, 0.15) is 11.6 Å². The molecule has 0 spiro atoms. The molecule has 33 heavy (non-hydrogen) atoms. The van der Waals surface area contributed by atoms with Gasteiger partial charge in [-0.3, -0.25) is 0 Å². The number of piperidine rings is 1. The van der Waals surface area contributed by atoms with Crippen LogP contribution in [-0.2, 0) is 0 Å². The van der Waals surface area contributed by atoms with E-state index in [1.807, 2.05) is 30.3 Å². The van der Waals surface area contributed by atoms with Gasteiger partial charge in [0, 0.05) is 18.5 Å². The summed E-state index contributed by atoms with van der Waals surface area (Å²) in [6.45, 7) is 12.9. The van der Waals surface area contributed by atoms with Gasteiger partial charge in [-0.1, -0.05) is 32.9 Å². The molecule has 0 unspecified atom stereocenters. The molecule has 4 rings (SSSR count). The van der Waals surface area contributed by atoms with Gasteiger partial charge < -0.3 is 24.4 Å². The quantitative estimate of drug-likeness (QED) is 0.539. The lowest BCUT2D eigenvalue weighted by atomic mass is 9.81. The standard InChI is InChI=1S/C19H20FNO3.C6H15N.2ClH/c20-15-3-1-13(2-4-15)17-7-8-21-10-14(17)11-22-16-5-6-18-19(9-16)24-12-23-18;1-4-7(5-2)6-3;;/h1-6,9,14,17,21H,7-8,10-12H2;4-6H2,1-3H3;2*1H/t14-,17-;;;/m0.../s1. The van der Waals surface area contributed by atoms with Crippen LogP contribution in [0.4, 0.5) is 4.39 Å². The van der Waals surface area contributed by atoms with E-state index in [0.29, 0.717) is 18.4 Å². The summed E-state index contributed by atoms with van der Waals surface area (Å²) >= 11 is 0. The van der Waals surface area contributed by atoms with E-state index in [1.165, 1.54) is 37.3 Å². The van der Waals surface area contributed by atoms with Crippen molar-refractivity contribution in [3.63, 3.8) is 0 Å². The molecule has 186 valence electrons. The fourth-order valence-corrected chi connectivity index (χ4v) is 4.09. The smallest absolute Gasteiger partial charge is 0.231 e. The number of hydrogen-bond donors (Lipinski definition) is 1. The van der Waals surface area contributed by atoms with E-state index in [0.717, 1.165) is 36.8 Å². The minimum Gasteiger partial charge on any atom is -0.493 e. The molecule has 0 saturated carbocycles. The topological polar surface area (TPSA) is 43.0 Å². The zero-order valence-corrected chi connectivity index (χ0v) is 21.4. The summed E-state index contributed by atoms with van der Waals surface area (Å²) in [7, 11) is 0. The molecule has 2 aliphatic heterocycles. The molecule has 2 aromatic carbocycles. The van der Waals surface area contributed by atoms with Gasteiger partial charge in [-0.15, -0.1) is 24.8 Å². The number of ether oxygens (including phenoxy) is 3. The van der Waals surface area contributed by atoms with Crippen molar-refractivity contribution in [1.29, 1.82) is 0 Å². The second-order valence-electron chi connectivity index (χ2n) is 7.86. The molecule has 8 heteroatoms. The third kappa shape index (κ3) is 8.53. The van der Waals surface area contributed by atoms with E-state index < -0.39 is 0 Å². The molecule has 0 radical (unpaired) electrons. The van der Waals surface area contributed by atoms with E-state index in [2.05, 4.69) is 31.0 Å². The Hall–Kier alpha value is -1.73. The lowest BCUT2D eigenvalue weighted by molar-refractivity contribution is 0.173. The van der Waals surface area contributed by atoms with Gasteiger partial charge in [-0.2, -0.15) is 0 Å². The largest absolute Gasteiger partial charge is 0.493 e. The average Bonchev–Trinajstić information content (AvgIpc) is 3.28. The van der Waals surface area contributed by atoms with Crippen LogP contribution >= 0.6 is 24.8 Å². The van der Waals surface area contributed by atoms with Crippen molar-refractivity contribution in [2.24, 2.45) is 5.92 Å². The van der Waals surface area contributed by atoms with Crippen LogP contribution in [0.25, 0.3) is 0 Å². The van der Waals surface area contributed by atoms with Crippen LogP contribution in [0.1, 0.15) is 38.7 Å². The number of fused-ring (bicyclic) bond motifs is 1. The van der Waals surface area contributed by atoms with E-state index in [4.69, 9.17) is 14.2 Å². The van der Waals surface area contributed by atoms with Crippen molar-refractivity contribution in [1.82, 2.24) is 10.2 Å². The van der Waals surface area contributed by atoms with Crippen molar-refractivity contribution in [2.45, 2.75) is 33.1 Å². The fourth-order valence-electron chi connectivity index (χ4n) is 4.09. The van der Waals surface area contributed by atoms with Gasteiger partial charge in [-0.25, -0.2) is 4.39 Å². The molecule has 1 N–H and O–H groups in total. The molecule has 1 fully saturated rings. The van der Waals surface area contributed by atoms with Gasteiger partial charge in [0.05, 0.1) is 6.61 Å². The maximum Gasteiger partial charge on any atom is 0.231 e. The highest BCUT2D eigenvalue weighted by Crippen LogP contribution is 2.36. The summed E-state index contributed by atoms with van der Waals surface area (Å²) in [4.78, 5) is 2.38. The molecule has 2 atom stereocenters. The van der Waals surface area contributed by atoms with Gasteiger partial charge in [0.2, 0.25) is 6.79 Å². The Morgan fingerprint density at radius 2 is 1.64 bits per heavy atom. The third-order valence-corrected chi connectivity index (χ3v) is 6.06. The number of hydrogen-bond acceptors (Lipinski definition) is 5. The van der Waals surface area contributed by atoms with Crippen LogP contribution < -0.4 is 19.5 Å². The molecular weight excluding hydrogens is 466 g/mol. The number of halogens is 3. The van der Waals surface area contributed by atoms with Crippen LogP contribution in [0.3, 0.4) is 0 Å². The Morgan fingerprint density at radius 3 is 2.27 bits per heavy atom. The number of benzene rings is 2. The molecule has 1 saturated heterocycles. The lowest BCUT2D eigenvalue weighted by Gasteiger charge is -2.32. The fraction of sp³-hybridized carbons (Fsp3) is 0.520. The maximum absolute atomic E-state index is 13.2. The average molecular weight is 503 g/mol. The Bertz CT molecular complexity index is 801. The van der Waals surface area contributed by atoms with Crippen molar-refractivity contribution in [3.8, 4) is 17.2 Å². The predicted octanol–water partition coefficient (Wildman–Crippen LogP) is 5.52. The predicted molar refractivity (Wildman–Crippen MR) is 136 cm³/mol. The molecule has 2 aliphatic rings. The van der Waals surface area contributed by atoms with Gasteiger partial charge in [-0.05, 0) is 68.3 Å². The van der Waals surface area contributed by atoms with Crippen LogP contribution in [0.5, 0.6) is 17.2 Å². The minimum atomic E-state index is -0.194. The molecule has 2 aromatic rings. The minimum absolute atomic E-state index is 0. The summed E-state index contributed by atoms with van der Waals surface area (Å²) in [5, 5.41) is 3.43. The molecule has 0 aliphatic carbocycles. The Labute approximate surface area is 209 Å². The van der Waals surface area contributed by atoms with Crippen molar-refractivity contribution < 1.29 is 18.6 Å². The van der Waals surface area contributed by atoms with Crippen LogP contribution in [0.2, 0.25) is 0 Å². The highest BCUT2D eigenvalue weighted by Gasteiger charge is 2.27. The summed E-state index contributed by atoms with van der Waals surface area (Å²) < 4.78 is 29.9. The first-order chi connectivity index (χ1) is 15.1. The first-order valence-electron chi connectivity index (χ1n) is 11.4. The van der Waals surface area contributed by atoms with E-state index in [1.54, 1.807) is 0 Å². The molecule has 0 bridgehead atoms. The summed E-state index contributed by atoms with van der Waals surface area (Å²) in [5.41, 5.74) is 1.18. The SMILES string of the molecule is CCN(CC)CC.Cl.Cl.Fc1ccc([C@@H]2CCNC[C@H]2COc2ccc3c(c2)OCO3)cc1. The molecule has 0 aromatic heterocycles. The Balaban J connectivity index is 0.000000533. The molecule has 5 nitrogen and oxygen atoms in total. The highest BCUT2D eigenvalue weighted by atomic mass is 35.5. The Kier molecular flexibility index (Phi) is 13.5. The van der Waals surface area contributed by atoms with Crippen molar-refractivity contribution in [3.05, 3.63) is 53.8 Å². The van der Waals surface area contributed by atoms with E-state index >= 15 is 0 Å². The molecule has 2 heterocycles. The van der Waals surface area contributed by atoms with Crippen molar-refractivity contribution in [2.75, 3.05) is 46.1 Å². The van der Waals surface area contributed by atoms with Crippen LogP contribution in [-0.4, -0.2) is 51.0 Å². The number of rotatable bonds is 7. The molecule has 0 amide bonds. The highest BCUT2D eigenvalue weighted by molar-refractivity contribution is 5.85. The second kappa shape index (κ2) is 15.2. The van der Waals surface area contributed by atoms with Gasteiger partial charge in [0.15, 0.2) is 11.5 Å². The monoisotopic (exact) mass is 502 g/mol. The zero-order chi connectivity index (χ0) is 22.1. The second-order valence-corrected chi connectivity index (χ2v) is 7.86. The first kappa shape index (κ1) is 29.3. The first-order valence-corrected chi connectivity index (χ1v) is 11.4. The maximum atomic E-state index is 13.2. The molecular formula is C25H37Cl2FN2O3. The van der Waals surface area contributed by atoms with E-state index in [-0.39, 0.29) is 37.4 Å². The lowest BCUT2D eigenvalue weighted by Crippen LogP contribution is -2.38. The summed E-state index contributed by atoms with van der Waals surface area (Å²) in [6, 6.07) is 12.5. The number of nitrogens with zero attached hydrogens (tertiary/aromatic N) is 1. The van der Waals surface area contributed by atoms with Crippen LogP contribution in [0, 0.1) is 11.7 Å². The van der Waals surface area contributed by atoms with Crippen molar-refractivity contribution >= 4 is 24.8 Å². The summed E-state index contributed by atoms with van der Waals surface area (Å²) in [5.74, 6) is 2.79. The van der Waals surface area contributed by atoms with Gasteiger partial charge >= 0.3 is 0 Å². The van der Waals surface area contributed by atoms with Gasteiger partial charge in [0.25, 0.3) is 0 Å². The third-order valence-electron chi connectivity index (χ3n) is 6.06.